The van der Waals surface area contributed by atoms with Gasteiger partial charge in [-0.1, -0.05) is 19.8 Å². The number of amides is 1. The SMILES string of the molecule is CC[C@H](N)C(=O)N(C)CC1CCCC1. The van der Waals surface area contributed by atoms with E-state index in [0.29, 0.717) is 5.92 Å². The minimum absolute atomic E-state index is 0.0967. The molecule has 14 heavy (non-hydrogen) atoms. The molecule has 0 aromatic carbocycles. The zero-order valence-electron chi connectivity index (χ0n) is 9.33. The molecular formula is C11H22N2O. The fourth-order valence-electron chi connectivity index (χ4n) is 2.13. The van der Waals surface area contributed by atoms with Gasteiger partial charge < -0.3 is 10.6 Å². The summed E-state index contributed by atoms with van der Waals surface area (Å²) < 4.78 is 0. The Morgan fingerprint density at radius 2 is 2.07 bits per heavy atom. The van der Waals surface area contributed by atoms with E-state index >= 15 is 0 Å². The van der Waals surface area contributed by atoms with Gasteiger partial charge in [-0.05, 0) is 25.2 Å². The molecule has 0 bridgehead atoms. The van der Waals surface area contributed by atoms with E-state index in [0.717, 1.165) is 13.0 Å². The molecule has 3 heteroatoms. The molecule has 0 aliphatic heterocycles. The molecule has 1 aliphatic carbocycles. The Kier molecular flexibility index (Phi) is 4.39. The van der Waals surface area contributed by atoms with Crippen molar-refractivity contribution in [2.45, 2.75) is 45.1 Å². The maximum atomic E-state index is 11.7. The van der Waals surface area contributed by atoms with Gasteiger partial charge in [0.1, 0.15) is 0 Å². The number of nitrogens with two attached hydrogens (primary N) is 1. The number of hydrogen-bond donors (Lipinski definition) is 1. The van der Waals surface area contributed by atoms with E-state index in [1.165, 1.54) is 25.7 Å². The Balaban J connectivity index is 2.32. The van der Waals surface area contributed by atoms with Crippen LogP contribution in [0.2, 0.25) is 0 Å². The van der Waals surface area contributed by atoms with Crippen LogP contribution in [0.3, 0.4) is 0 Å². The van der Waals surface area contributed by atoms with Crippen molar-refractivity contribution in [2.24, 2.45) is 11.7 Å². The summed E-state index contributed by atoms with van der Waals surface area (Å²) in [7, 11) is 1.87. The van der Waals surface area contributed by atoms with Crippen molar-refractivity contribution in [1.82, 2.24) is 4.90 Å². The van der Waals surface area contributed by atoms with Crippen LogP contribution in [0.15, 0.2) is 0 Å². The monoisotopic (exact) mass is 198 g/mol. The third kappa shape index (κ3) is 2.98. The van der Waals surface area contributed by atoms with Crippen molar-refractivity contribution in [2.75, 3.05) is 13.6 Å². The molecule has 0 aromatic heterocycles. The summed E-state index contributed by atoms with van der Waals surface area (Å²) in [6.07, 6.45) is 5.94. The Hall–Kier alpha value is -0.570. The Morgan fingerprint density at radius 3 is 2.57 bits per heavy atom. The van der Waals surface area contributed by atoms with E-state index in [-0.39, 0.29) is 11.9 Å². The van der Waals surface area contributed by atoms with E-state index in [2.05, 4.69) is 0 Å². The topological polar surface area (TPSA) is 46.3 Å². The number of nitrogens with zero attached hydrogens (tertiary/aromatic N) is 1. The highest BCUT2D eigenvalue weighted by Crippen LogP contribution is 2.25. The van der Waals surface area contributed by atoms with Gasteiger partial charge >= 0.3 is 0 Å². The maximum Gasteiger partial charge on any atom is 0.239 e. The predicted molar refractivity (Wildman–Crippen MR) is 57.9 cm³/mol. The molecule has 0 aromatic rings. The van der Waals surface area contributed by atoms with Crippen molar-refractivity contribution >= 4 is 5.91 Å². The van der Waals surface area contributed by atoms with E-state index < -0.39 is 0 Å². The molecule has 0 radical (unpaired) electrons. The summed E-state index contributed by atoms with van der Waals surface area (Å²) >= 11 is 0. The lowest BCUT2D eigenvalue weighted by molar-refractivity contribution is -0.131. The summed E-state index contributed by atoms with van der Waals surface area (Å²) in [5.41, 5.74) is 5.70. The summed E-state index contributed by atoms with van der Waals surface area (Å²) in [5, 5.41) is 0. The van der Waals surface area contributed by atoms with Crippen molar-refractivity contribution in [1.29, 1.82) is 0 Å². The Bertz CT molecular complexity index is 188. The number of likely N-dealkylation sites (N-methyl/N-ethyl adjacent to an activating group) is 1. The minimum Gasteiger partial charge on any atom is -0.344 e. The van der Waals surface area contributed by atoms with Gasteiger partial charge in [0.25, 0.3) is 0 Å². The normalized spacial score (nSPS) is 19.6. The molecule has 0 heterocycles. The van der Waals surface area contributed by atoms with E-state index in [1.54, 1.807) is 0 Å². The van der Waals surface area contributed by atoms with Crippen LogP contribution in [0.1, 0.15) is 39.0 Å². The number of carbonyl (C=O) groups is 1. The van der Waals surface area contributed by atoms with Gasteiger partial charge in [-0.15, -0.1) is 0 Å². The lowest BCUT2D eigenvalue weighted by Gasteiger charge is -2.23. The zero-order chi connectivity index (χ0) is 10.6. The minimum atomic E-state index is -0.304. The second-order valence-electron chi connectivity index (χ2n) is 4.38. The largest absolute Gasteiger partial charge is 0.344 e. The van der Waals surface area contributed by atoms with Gasteiger partial charge in [0.05, 0.1) is 6.04 Å². The van der Waals surface area contributed by atoms with Crippen molar-refractivity contribution in [3.05, 3.63) is 0 Å². The quantitative estimate of drug-likeness (QED) is 0.741. The van der Waals surface area contributed by atoms with Crippen LogP contribution in [0.4, 0.5) is 0 Å². The second-order valence-corrected chi connectivity index (χ2v) is 4.38. The first-order valence-electron chi connectivity index (χ1n) is 5.65. The first-order chi connectivity index (χ1) is 6.65. The summed E-state index contributed by atoms with van der Waals surface area (Å²) in [6, 6.07) is -0.304. The average Bonchev–Trinajstić information content (AvgIpc) is 2.68. The smallest absolute Gasteiger partial charge is 0.239 e. The van der Waals surface area contributed by atoms with Gasteiger partial charge in [0.15, 0.2) is 0 Å². The van der Waals surface area contributed by atoms with Crippen LogP contribution in [0.25, 0.3) is 0 Å². The van der Waals surface area contributed by atoms with Gasteiger partial charge in [-0.25, -0.2) is 0 Å². The molecule has 1 aliphatic rings. The molecule has 2 N–H and O–H groups in total. The summed E-state index contributed by atoms with van der Waals surface area (Å²) in [4.78, 5) is 13.5. The lowest BCUT2D eigenvalue weighted by atomic mass is 10.1. The highest BCUT2D eigenvalue weighted by Gasteiger charge is 2.21. The van der Waals surface area contributed by atoms with Crippen LogP contribution in [0.5, 0.6) is 0 Å². The zero-order valence-corrected chi connectivity index (χ0v) is 9.33. The Labute approximate surface area is 86.6 Å². The maximum absolute atomic E-state index is 11.7. The standard InChI is InChI=1S/C11H22N2O/c1-3-10(12)11(14)13(2)8-9-6-4-5-7-9/h9-10H,3-8,12H2,1-2H3/t10-/m0/s1. The lowest BCUT2D eigenvalue weighted by Crippen LogP contribution is -2.42. The number of hydrogen-bond acceptors (Lipinski definition) is 2. The first kappa shape index (κ1) is 11.5. The van der Waals surface area contributed by atoms with E-state index in [9.17, 15) is 4.79 Å². The fraction of sp³-hybridized carbons (Fsp3) is 0.909. The van der Waals surface area contributed by atoms with Gasteiger partial charge in [0.2, 0.25) is 5.91 Å². The molecule has 1 rings (SSSR count). The van der Waals surface area contributed by atoms with E-state index in [1.807, 2.05) is 18.9 Å². The van der Waals surface area contributed by atoms with Crippen LogP contribution < -0.4 is 5.73 Å². The molecule has 1 fully saturated rings. The average molecular weight is 198 g/mol. The third-order valence-electron chi connectivity index (χ3n) is 3.14. The summed E-state index contributed by atoms with van der Waals surface area (Å²) in [5.74, 6) is 0.812. The Morgan fingerprint density at radius 1 is 1.50 bits per heavy atom. The fourth-order valence-corrected chi connectivity index (χ4v) is 2.13. The second kappa shape index (κ2) is 5.35. The van der Waals surface area contributed by atoms with Gasteiger partial charge in [0, 0.05) is 13.6 Å². The summed E-state index contributed by atoms with van der Waals surface area (Å²) in [6.45, 7) is 2.85. The number of carbonyl (C=O) groups excluding carboxylic acids is 1. The van der Waals surface area contributed by atoms with E-state index in [4.69, 9.17) is 5.73 Å². The highest BCUT2D eigenvalue weighted by molar-refractivity contribution is 5.81. The molecule has 0 saturated heterocycles. The van der Waals surface area contributed by atoms with Gasteiger partial charge in [-0.3, -0.25) is 4.79 Å². The first-order valence-corrected chi connectivity index (χ1v) is 5.65. The van der Waals surface area contributed by atoms with Crippen LogP contribution >= 0.6 is 0 Å². The van der Waals surface area contributed by atoms with Crippen LogP contribution in [-0.2, 0) is 4.79 Å². The molecule has 3 nitrogen and oxygen atoms in total. The highest BCUT2D eigenvalue weighted by atomic mass is 16.2. The van der Waals surface area contributed by atoms with Crippen LogP contribution in [0, 0.1) is 5.92 Å². The molecule has 1 atom stereocenters. The van der Waals surface area contributed by atoms with Crippen LogP contribution in [-0.4, -0.2) is 30.4 Å². The van der Waals surface area contributed by atoms with Gasteiger partial charge in [-0.2, -0.15) is 0 Å². The molecule has 0 spiro atoms. The molecule has 1 amide bonds. The third-order valence-corrected chi connectivity index (χ3v) is 3.14. The van der Waals surface area contributed by atoms with Crippen molar-refractivity contribution in [3.63, 3.8) is 0 Å². The van der Waals surface area contributed by atoms with Crippen molar-refractivity contribution < 1.29 is 4.79 Å². The van der Waals surface area contributed by atoms with Crippen molar-refractivity contribution in [3.8, 4) is 0 Å². The molecule has 1 saturated carbocycles. The molecule has 0 unspecified atom stereocenters. The number of rotatable bonds is 4. The predicted octanol–water partition coefficient (Wildman–Crippen LogP) is 1.37. The molecular weight excluding hydrogens is 176 g/mol. The molecule has 82 valence electrons.